The molecule has 9 heteroatoms. The van der Waals surface area contributed by atoms with Crippen LogP contribution in [0.4, 0.5) is 24.0 Å². The standard InChI is InChI=1S/C13H12F3N3O2S/c1-2-10(8-4-3-5-9(6-8)19(20)21)17-12-18-11(7-22-12)13(14,15)16/h3-7,10H,2H2,1H3,(H,17,18). The van der Waals surface area contributed by atoms with Gasteiger partial charge in [-0.05, 0) is 12.0 Å². The van der Waals surface area contributed by atoms with Crippen molar-refractivity contribution in [2.45, 2.75) is 25.6 Å². The maximum absolute atomic E-state index is 12.5. The Morgan fingerprint density at radius 1 is 1.45 bits per heavy atom. The summed E-state index contributed by atoms with van der Waals surface area (Å²) in [5.74, 6) is 0. The average molecular weight is 331 g/mol. The fourth-order valence-electron chi connectivity index (χ4n) is 1.90. The molecule has 0 amide bonds. The fourth-order valence-corrected chi connectivity index (χ4v) is 2.67. The lowest BCUT2D eigenvalue weighted by molar-refractivity contribution is -0.384. The topological polar surface area (TPSA) is 68.1 Å². The van der Waals surface area contributed by atoms with Crippen molar-refractivity contribution in [3.63, 3.8) is 0 Å². The van der Waals surface area contributed by atoms with Crippen LogP contribution in [-0.2, 0) is 6.18 Å². The number of thiazole rings is 1. The van der Waals surface area contributed by atoms with Crippen LogP contribution in [0.1, 0.15) is 30.6 Å². The zero-order valence-corrected chi connectivity index (χ0v) is 12.2. The first kappa shape index (κ1) is 16.2. The molecule has 0 spiro atoms. The summed E-state index contributed by atoms with van der Waals surface area (Å²) >= 11 is 0.849. The average Bonchev–Trinajstić information content (AvgIpc) is 2.93. The number of hydrogen-bond acceptors (Lipinski definition) is 5. The highest BCUT2D eigenvalue weighted by molar-refractivity contribution is 7.13. The molecule has 0 fully saturated rings. The monoisotopic (exact) mass is 331 g/mol. The number of aromatic nitrogens is 1. The molecule has 1 aromatic carbocycles. The highest BCUT2D eigenvalue weighted by Crippen LogP contribution is 2.33. The van der Waals surface area contributed by atoms with Gasteiger partial charge in [-0.1, -0.05) is 19.1 Å². The molecule has 1 atom stereocenters. The molecular weight excluding hydrogens is 319 g/mol. The van der Waals surface area contributed by atoms with E-state index in [0.717, 1.165) is 16.7 Å². The molecule has 118 valence electrons. The van der Waals surface area contributed by atoms with Gasteiger partial charge < -0.3 is 5.32 Å². The molecule has 22 heavy (non-hydrogen) atoms. The Morgan fingerprint density at radius 2 is 2.18 bits per heavy atom. The number of benzene rings is 1. The summed E-state index contributed by atoms with van der Waals surface area (Å²) in [6, 6.07) is 5.64. The molecule has 0 radical (unpaired) electrons. The third kappa shape index (κ3) is 3.73. The van der Waals surface area contributed by atoms with E-state index >= 15 is 0 Å². The number of hydrogen-bond donors (Lipinski definition) is 1. The van der Waals surface area contributed by atoms with E-state index in [1.807, 2.05) is 6.92 Å². The zero-order chi connectivity index (χ0) is 16.3. The van der Waals surface area contributed by atoms with Gasteiger partial charge in [0.2, 0.25) is 0 Å². The number of rotatable bonds is 5. The smallest absolute Gasteiger partial charge is 0.355 e. The lowest BCUT2D eigenvalue weighted by Gasteiger charge is -2.16. The highest BCUT2D eigenvalue weighted by Gasteiger charge is 2.34. The van der Waals surface area contributed by atoms with Gasteiger partial charge in [0.1, 0.15) is 0 Å². The normalized spacial score (nSPS) is 12.9. The number of anilines is 1. The maximum Gasteiger partial charge on any atom is 0.434 e. The molecule has 1 N–H and O–H groups in total. The number of non-ortho nitro benzene ring substituents is 1. The van der Waals surface area contributed by atoms with Crippen LogP contribution in [0.15, 0.2) is 29.6 Å². The van der Waals surface area contributed by atoms with E-state index < -0.39 is 16.8 Å². The number of alkyl halides is 3. The Kier molecular flexibility index (Phi) is 4.65. The predicted octanol–water partition coefficient (Wildman–Crippen LogP) is 4.63. The van der Waals surface area contributed by atoms with Crippen LogP contribution in [0.25, 0.3) is 0 Å². The summed E-state index contributed by atoms with van der Waals surface area (Å²) in [6.45, 7) is 1.83. The zero-order valence-electron chi connectivity index (χ0n) is 11.4. The summed E-state index contributed by atoms with van der Waals surface area (Å²) in [5.41, 5.74) is -0.387. The Labute approximate surface area is 128 Å². The first-order valence-electron chi connectivity index (χ1n) is 6.35. The van der Waals surface area contributed by atoms with Gasteiger partial charge in [-0.3, -0.25) is 10.1 Å². The first-order chi connectivity index (χ1) is 10.3. The van der Waals surface area contributed by atoms with Gasteiger partial charge in [0.15, 0.2) is 10.8 Å². The number of halogens is 3. The van der Waals surface area contributed by atoms with Crippen molar-refractivity contribution in [2.24, 2.45) is 0 Å². The summed E-state index contributed by atoms with van der Waals surface area (Å²) in [5, 5.41) is 14.7. The van der Waals surface area contributed by atoms with Crippen LogP contribution in [-0.4, -0.2) is 9.91 Å². The van der Waals surface area contributed by atoms with Crippen LogP contribution < -0.4 is 5.32 Å². The van der Waals surface area contributed by atoms with Crippen LogP contribution in [0.3, 0.4) is 0 Å². The Hall–Kier alpha value is -2.16. The van der Waals surface area contributed by atoms with E-state index in [2.05, 4.69) is 10.3 Å². The molecule has 0 saturated carbocycles. The van der Waals surface area contributed by atoms with Crippen LogP contribution in [0, 0.1) is 10.1 Å². The fraction of sp³-hybridized carbons (Fsp3) is 0.308. The van der Waals surface area contributed by atoms with Gasteiger partial charge in [0, 0.05) is 17.5 Å². The van der Waals surface area contributed by atoms with Crippen molar-refractivity contribution in [2.75, 3.05) is 5.32 Å². The van der Waals surface area contributed by atoms with Gasteiger partial charge in [-0.25, -0.2) is 4.98 Å². The van der Waals surface area contributed by atoms with Gasteiger partial charge in [-0.2, -0.15) is 13.2 Å². The number of nitrogens with zero attached hydrogens (tertiary/aromatic N) is 2. The van der Waals surface area contributed by atoms with E-state index in [0.29, 0.717) is 12.0 Å². The summed E-state index contributed by atoms with van der Waals surface area (Å²) in [7, 11) is 0. The third-order valence-electron chi connectivity index (χ3n) is 2.98. The van der Waals surface area contributed by atoms with Gasteiger partial charge in [-0.15, -0.1) is 11.3 Å². The lowest BCUT2D eigenvalue weighted by atomic mass is 10.0. The quantitative estimate of drug-likeness (QED) is 0.640. The van der Waals surface area contributed by atoms with Crippen LogP contribution in [0.5, 0.6) is 0 Å². The third-order valence-corrected chi connectivity index (χ3v) is 3.76. The Balaban J connectivity index is 2.20. The van der Waals surface area contributed by atoms with Crippen molar-refractivity contribution < 1.29 is 18.1 Å². The molecule has 1 heterocycles. The molecule has 1 unspecified atom stereocenters. The van der Waals surface area contributed by atoms with Crippen LogP contribution in [0.2, 0.25) is 0 Å². The van der Waals surface area contributed by atoms with E-state index in [1.165, 1.54) is 12.1 Å². The first-order valence-corrected chi connectivity index (χ1v) is 7.23. The van der Waals surface area contributed by atoms with E-state index in [9.17, 15) is 23.3 Å². The summed E-state index contributed by atoms with van der Waals surface area (Å²) in [4.78, 5) is 13.8. The molecule has 0 saturated heterocycles. The minimum absolute atomic E-state index is 0.0622. The predicted molar refractivity (Wildman–Crippen MR) is 76.9 cm³/mol. The molecule has 0 aliphatic heterocycles. The number of nitrogens with one attached hydrogen (secondary N) is 1. The van der Waals surface area contributed by atoms with Gasteiger partial charge >= 0.3 is 6.18 Å². The minimum Gasteiger partial charge on any atom is -0.355 e. The molecule has 0 aliphatic carbocycles. The molecule has 2 aromatic rings. The van der Waals surface area contributed by atoms with Crippen molar-refractivity contribution >= 4 is 22.2 Å². The largest absolute Gasteiger partial charge is 0.434 e. The Bertz CT molecular complexity index is 673. The molecule has 0 aliphatic rings. The molecule has 0 bridgehead atoms. The van der Waals surface area contributed by atoms with Crippen molar-refractivity contribution in [1.82, 2.24) is 4.98 Å². The van der Waals surface area contributed by atoms with Crippen molar-refractivity contribution in [3.05, 3.63) is 51.0 Å². The SMILES string of the molecule is CCC(Nc1nc(C(F)(F)F)cs1)c1cccc([N+](=O)[O-])c1. The summed E-state index contributed by atoms with van der Waals surface area (Å²) in [6.07, 6.45) is -3.94. The number of nitro benzene ring substituents is 1. The molecular formula is C13H12F3N3O2S. The second-order valence-electron chi connectivity index (χ2n) is 4.49. The van der Waals surface area contributed by atoms with E-state index in [4.69, 9.17) is 0 Å². The second kappa shape index (κ2) is 6.30. The molecule has 1 aromatic heterocycles. The van der Waals surface area contributed by atoms with Crippen molar-refractivity contribution in [3.8, 4) is 0 Å². The molecule has 2 rings (SSSR count). The number of nitro groups is 1. The lowest BCUT2D eigenvalue weighted by Crippen LogP contribution is -2.11. The minimum atomic E-state index is -4.48. The van der Waals surface area contributed by atoms with Crippen LogP contribution >= 0.6 is 11.3 Å². The van der Waals surface area contributed by atoms with Crippen molar-refractivity contribution in [1.29, 1.82) is 0 Å². The summed E-state index contributed by atoms with van der Waals surface area (Å²) < 4.78 is 37.6. The van der Waals surface area contributed by atoms with E-state index in [1.54, 1.807) is 12.1 Å². The van der Waals surface area contributed by atoms with Gasteiger partial charge in [0.25, 0.3) is 5.69 Å². The maximum atomic E-state index is 12.5. The highest BCUT2D eigenvalue weighted by atomic mass is 32.1. The Morgan fingerprint density at radius 3 is 2.73 bits per heavy atom. The van der Waals surface area contributed by atoms with Gasteiger partial charge in [0.05, 0.1) is 11.0 Å². The van der Waals surface area contributed by atoms with E-state index in [-0.39, 0.29) is 16.9 Å². The second-order valence-corrected chi connectivity index (χ2v) is 5.35. The molecule has 5 nitrogen and oxygen atoms in total.